The van der Waals surface area contributed by atoms with E-state index in [1.165, 1.54) is 11.3 Å². The van der Waals surface area contributed by atoms with E-state index in [9.17, 15) is 4.79 Å². The number of benzene rings is 2. The van der Waals surface area contributed by atoms with Gasteiger partial charge in [-0.05, 0) is 74.1 Å². The van der Waals surface area contributed by atoms with Gasteiger partial charge in [-0.2, -0.15) is 5.10 Å². The molecule has 0 spiro atoms. The summed E-state index contributed by atoms with van der Waals surface area (Å²) in [4.78, 5) is 14.7. The molecule has 5 heteroatoms. The predicted octanol–water partition coefficient (Wildman–Crippen LogP) is 5.61. The molecule has 4 nitrogen and oxygen atoms in total. The van der Waals surface area contributed by atoms with Crippen LogP contribution in [0.5, 0.6) is 0 Å². The Labute approximate surface area is 172 Å². The van der Waals surface area contributed by atoms with Gasteiger partial charge in [0.2, 0.25) is 0 Å². The summed E-state index contributed by atoms with van der Waals surface area (Å²) in [5.41, 5.74) is 6.85. The van der Waals surface area contributed by atoms with Gasteiger partial charge in [-0.3, -0.25) is 4.79 Å². The van der Waals surface area contributed by atoms with Crippen molar-refractivity contribution >= 4 is 29.4 Å². The Morgan fingerprint density at radius 1 is 1.32 bits per heavy atom. The maximum absolute atomic E-state index is 12.2. The van der Waals surface area contributed by atoms with Crippen LogP contribution in [0.25, 0.3) is 0 Å². The Bertz CT molecular complexity index is 891. The molecule has 0 bridgehead atoms. The number of nitrogens with one attached hydrogen (secondary N) is 1. The molecule has 0 saturated heterocycles. The Kier molecular flexibility index (Phi) is 6.09. The molecule has 0 radical (unpaired) electrons. The highest BCUT2D eigenvalue weighted by Crippen LogP contribution is 2.43. The summed E-state index contributed by atoms with van der Waals surface area (Å²) < 4.78 is 0. The number of hydrazone groups is 1. The molecule has 0 aromatic heterocycles. The lowest BCUT2D eigenvalue weighted by molar-refractivity contribution is 0.0955. The van der Waals surface area contributed by atoms with Crippen molar-refractivity contribution in [2.24, 2.45) is 5.10 Å². The minimum absolute atomic E-state index is 0.156. The van der Waals surface area contributed by atoms with Crippen LogP contribution < -0.4 is 10.3 Å². The van der Waals surface area contributed by atoms with E-state index in [2.05, 4.69) is 61.3 Å². The largest absolute Gasteiger partial charge is 0.366 e. The van der Waals surface area contributed by atoms with Crippen molar-refractivity contribution in [3.8, 4) is 0 Å². The van der Waals surface area contributed by atoms with Crippen molar-refractivity contribution in [3.63, 3.8) is 0 Å². The lowest BCUT2D eigenvalue weighted by atomic mass is 9.79. The number of anilines is 1. The number of amides is 1. The minimum Gasteiger partial charge on any atom is -0.366 e. The van der Waals surface area contributed by atoms with Crippen molar-refractivity contribution in [2.45, 2.75) is 52.0 Å². The summed E-state index contributed by atoms with van der Waals surface area (Å²) in [5, 5.41) is 4.65. The van der Waals surface area contributed by atoms with Crippen LogP contribution in [-0.2, 0) is 0 Å². The molecule has 28 heavy (non-hydrogen) atoms. The normalized spacial score (nSPS) is 18.2. The van der Waals surface area contributed by atoms with Gasteiger partial charge >= 0.3 is 0 Å². The van der Waals surface area contributed by atoms with E-state index in [1.54, 1.807) is 30.5 Å². The minimum atomic E-state index is -0.277. The molecule has 1 heterocycles. The molecule has 0 aliphatic carbocycles. The van der Waals surface area contributed by atoms with Crippen LogP contribution in [0.3, 0.4) is 0 Å². The number of rotatable bonds is 5. The molecule has 1 N–H and O–H groups in total. The average molecular weight is 398 g/mol. The molecule has 2 aromatic rings. The zero-order valence-electron chi connectivity index (χ0n) is 17.0. The van der Waals surface area contributed by atoms with E-state index in [0.717, 1.165) is 24.9 Å². The van der Waals surface area contributed by atoms with E-state index in [1.807, 2.05) is 0 Å². The zero-order valence-corrected chi connectivity index (χ0v) is 17.8. The second-order valence-electron chi connectivity index (χ2n) is 8.10. The lowest BCUT2D eigenvalue weighted by Gasteiger charge is -2.47. The first-order valence-corrected chi connectivity index (χ1v) is 10.2. The highest BCUT2D eigenvalue weighted by Gasteiger charge is 2.35. The fourth-order valence-electron chi connectivity index (χ4n) is 4.10. The van der Waals surface area contributed by atoms with Crippen LogP contribution in [0, 0.1) is 0 Å². The Balaban J connectivity index is 1.77. The SMILES string of the molecule is CCCN1c2ccc(/C=N\NC(=O)c3cccc(Cl)c3)cc2C(C)CC1(C)C. The Morgan fingerprint density at radius 2 is 2.11 bits per heavy atom. The molecule has 1 amide bonds. The van der Waals surface area contributed by atoms with Crippen molar-refractivity contribution in [3.05, 3.63) is 64.2 Å². The number of hydrogen-bond donors (Lipinski definition) is 1. The highest BCUT2D eigenvalue weighted by molar-refractivity contribution is 6.30. The van der Waals surface area contributed by atoms with Crippen molar-refractivity contribution in [2.75, 3.05) is 11.4 Å². The molecule has 2 aromatic carbocycles. The van der Waals surface area contributed by atoms with E-state index in [0.29, 0.717) is 16.5 Å². The fourth-order valence-corrected chi connectivity index (χ4v) is 4.29. The number of nitrogens with zero attached hydrogens (tertiary/aromatic N) is 2. The average Bonchev–Trinajstić information content (AvgIpc) is 2.65. The van der Waals surface area contributed by atoms with Gasteiger partial charge in [0.05, 0.1) is 6.21 Å². The predicted molar refractivity (Wildman–Crippen MR) is 118 cm³/mol. The van der Waals surface area contributed by atoms with Crippen LogP contribution in [-0.4, -0.2) is 24.2 Å². The molecule has 1 aliphatic heterocycles. The van der Waals surface area contributed by atoms with Gasteiger partial charge < -0.3 is 4.90 Å². The van der Waals surface area contributed by atoms with Gasteiger partial charge in [0.25, 0.3) is 5.91 Å². The van der Waals surface area contributed by atoms with Crippen molar-refractivity contribution in [1.29, 1.82) is 0 Å². The quantitative estimate of drug-likeness (QED) is 0.526. The zero-order chi connectivity index (χ0) is 20.3. The summed E-state index contributed by atoms with van der Waals surface area (Å²) in [6.45, 7) is 10.2. The third-order valence-electron chi connectivity index (χ3n) is 5.32. The highest BCUT2D eigenvalue weighted by atomic mass is 35.5. The fraction of sp³-hybridized carbons (Fsp3) is 0.391. The summed E-state index contributed by atoms with van der Waals surface area (Å²) in [7, 11) is 0. The monoisotopic (exact) mass is 397 g/mol. The first kappa shape index (κ1) is 20.4. The second-order valence-corrected chi connectivity index (χ2v) is 8.53. The smallest absolute Gasteiger partial charge is 0.271 e. The number of hydrogen-bond acceptors (Lipinski definition) is 3. The third kappa shape index (κ3) is 4.39. The molecule has 1 atom stereocenters. The number of fused-ring (bicyclic) bond motifs is 1. The molecule has 3 rings (SSSR count). The van der Waals surface area contributed by atoms with Gasteiger partial charge in [-0.15, -0.1) is 0 Å². The summed E-state index contributed by atoms with van der Waals surface area (Å²) in [6, 6.07) is 13.2. The van der Waals surface area contributed by atoms with Gasteiger partial charge in [0.15, 0.2) is 0 Å². The Morgan fingerprint density at radius 3 is 2.82 bits per heavy atom. The topological polar surface area (TPSA) is 44.7 Å². The summed E-state index contributed by atoms with van der Waals surface area (Å²) in [6.07, 6.45) is 3.93. The summed E-state index contributed by atoms with van der Waals surface area (Å²) >= 11 is 5.93. The van der Waals surface area contributed by atoms with E-state index in [4.69, 9.17) is 11.6 Å². The van der Waals surface area contributed by atoms with Gasteiger partial charge in [0, 0.05) is 28.4 Å². The van der Waals surface area contributed by atoms with E-state index < -0.39 is 0 Å². The summed E-state index contributed by atoms with van der Waals surface area (Å²) in [5.74, 6) is 0.202. The number of carbonyl (C=O) groups excluding carboxylic acids is 1. The van der Waals surface area contributed by atoms with Crippen molar-refractivity contribution < 1.29 is 4.79 Å². The van der Waals surface area contributed by atoms with Crippen LogP contribution in [0.2, 0.25) is 5.02 Å². The molecular weight excluding hydrogens is 370 g/mol. The first-order valence-electron chi connectivity index (χ1n) is 9.82. The molecule has 1 aliphatic rings. The molecule has 148 valence electrons. The van der Waals surface area contributed by atoms with Crippen LogP contribution in [0.1, 0.15) is 67.9 Å². The lowest BCUT2D eigenvalue weighted by Crippen LogP contribution is -2.48. The molecule has 1 unspecified atom stereocenters. The number of carbonyl (C=O) groups is 1. The van der Waals surface area contributed by atoms with Crippen LogP contribution in [0.15, 0.2) is 47.6 Å². The van der Waals surface area contributed by atoms with Crippen LogP contribution in [0.4, 0.5) is 5.69 Å². The maximum atomic E-state index is 12.2. The first-order chi connectivity index (χ1) is 13.3. The Hall–Kier alpha value is -2.33. The molecule has 0 fully saturated rings. The maximum Gasteiger partial charge on any atom is 0.271 e. The van der Waals surface area contributed by atoms with Gasteiger partial charge in [0.1, 0.15) is 0 Å². The van der Waals surface area contributed by atoms with Gasteiger partial charge in [-0.25, -0.2) is 5.43 Å². The van der Waals surface area contributed by atoms with E-state index >= 15 is 0 Å². The van der Waals surface area contributed by atoms with Crippen molar-refractivity contribution in [1.82, 2.24) is 5.43 Å². The third-order valence-corrected chi connectivity index (χ3v) is 5.56. The van der Waals surface area contributed by atoms with E-state index in [-0.39, 0.29) is 11.4 Å². The van der Waals surface area contributed by atoms with Crippen LogP contribution >= 0.6 is 11.6 Å². The molecule has 0 saturated carbocycles. The number of halogens is 1. The molecular formula is C23H28ClN3O. The van der Waals surface area contributed by atoms with Gasteiger partial charge in [-0.1, -0.05) is 37.6 Å². The standard InChI is InChI=1S/C23H28ClN3O/c1-5-11-27-21-10-9-17(12-20(21)16(2)14-23(27,3)4)15-25-26-22(28)18-7-6-8-19(24)13-18/h6-10,12-13,15-16H,5,11,14H2,1-4H3,(H,26,28)/b25-15-. The second kappa shape index (κ2) is 8.36.